The highest BCUT2D eigenvalue weighted by Crippen LogP contribution is 2.35. The van der Waals surface area contributed by atoms with Crippen LogP contribution in [0, 0.1) is 6.92 Å². The molecule has 2 rings (SSSR count). The number of hydrogen-bond acceptors (Lipinski definition) is 3. The summed E-state index contributed by atoms with van der Waals surface area (Å²) in [6.07, 6.45) is 3.85. The zero-order valence-corrected chi connectivity index (χ0v) is 7.25. The lowest BCUT2D eigenvalue weighted by Crippen LogP contribution is -2.12. The van der Waals surface area contributed by atoms with Gasteiger partial charge in [0.2, 0.25) is 5.95 Å². The lowest BCUT2D eigenvalue weighted by molar-refractivity contribution is 0.411. The van der Waals surface area contributed by atoms with E-state index in [9.17, 15) is 0 Å². The first-order valence-electron chi connectivity index (χ1n) is 4.37. The molecule has 0 aromatic carbocycles. The number of rotatable bonds is 1. The van der Waals surface area contributed by atoms with Crippen LogP contribution in [0.3, 0.4) is 0 Å². The molecule has 1 aliphatic rings. The molecule has 1 aromatic rings. The van der Waals surface area contributed by atoms with E-state index in [0.717, 1.165) is 11.4 Å². The first-order valence-corrected chi connectivity index (χ1v) is 4.37. The van der Waals surface area contributed by atoms with Gasteiger partial charge in [-0.2, -0.15) is 0 Å². The molecule has 0 bridgehead atoms. The van der Waals surface area contributed by atoms with Gasteiger partial charge in [-0.15, -0.1) is 0 Å². The third-order valence-corrected chi connectivity index (χ3v) is 2.41. The van der Waals surface area contributed by atoms with Crippen molar-refractivity contribution in [1.29, 1.82) is 0 Å². The van der Waals surface area contributed by atoms with Gasteiger partial charge in [0.25, 0.3) is 0 Å². The Morgan fingerprint density at radius 1 is 1.42 bits per heavy atom. The van der Waals surface area contributed by atoms with Crippen molar-refractivity contribution in [2.24, 2.45) is 0 Å². The van der Waals surface area contributed by atoms with Crippen LogP contribution in [0.5, 0.6) is 0 Å². The van der Waals surface area contributed by atoms with Crippen LogP contribution < -0.4 is 5.73 Å². The van der Waals surface area contributed by atoms with Crippen molar-refractivity contribution in [3.05, 3.63) is 17.5 Å². The Morgan fingerprint density at radius 3 is 2.67 bits per heavy atom. The summed E-state index contributed by atoms with van der Waals surface area (Å²) in [5.41, 5.74) is 7.66. The van der Waals surface area contributed by atoms with E-state index in [0.29, 0.717) is 11.9 Å². The van der Waals surface area contributed by atoms with Crippen molar-refractivity contribution in [2.45, 2.75) is 32.1 Å². The van der Waals surface area contributed by atoms with E-state index in [1.165, 1.54) is 19.3 Å². The molecular formula is C9H13N3. The number of hydrogen-bond donors (Lipinski definition) is 1. The van der Waals surface area contributed by atoms with E-state index in [2.05, 4.69) is 9.97 Å². The molecule has 1 saturated carbocycles. The summed E-state index contributed by atoms with van der Waals surface area (Å²) >= 11 is 0. The predicted molar refractivity (Wildman–Crippen MR) is 47.8 cm³/mol. The van der Waals surface area contributed by atoms with E-state index in [4.69, 9.17) is 5.73 Å². The molecule has 64 valence electrons. The first kappa shape index (κ1) is 7.53. The molecule has 0 spiro atoms. The molecule has 0 saturated heterocycles. The minimum Gasteiger partial charge on any atom is -0.368 e. The lowest BCUT2D eigenvalue weighted by Gasteiger charge is -2.24. The normalized spacial score (nSPS) is 17.4. The minimum atomic E-state index is 0.414. The third-order valence-electron chi connectivity index (χ3n) is 2.41. The van der Waals surface area contributed by atoms with Crippen LogP contribution in [-0.2, 0) is 0 Å². The van der Waals surface area contributed by atoms with Gasteiger partial charge in [-0.25, -0.2) is 9.97 Å². The van der Waals surface area contributed by atoms with E-state index < -0.39 is 0 Å². The Hall–Kier alpha value is -1.12. The Labute approximate surface area is 72.0 Å². The summed E-state index contributed by atoms with van der Waals surface area (Å²) in [5, 5.41) is 0. The van der Waals surface area contributed by atoms with Crippen molar-refractivity contribution < 1.29 is 0 Å². The van der Waals surface area contributed by atoms with E-state index in [-0.39, 0.29) is 0 Å². The molecule has 2 N–H and O–H groups in total. The largest absolute Gasteiger partial charge is 0.368 e. The molecule has 1 heterocycles. The average Bonchev–Trinajstić information content (AvgIpc) is 1.79. The standard InChI is InChI=1S/C9H13N3/c1-6-5-8(7-3-2-4-7)12-9(10)11-6/h5,7H,2-4H2,1H3,(H2,10,11,12). The van der Waals surface area contributed by atoms with E-state index in [1.54, 1.807) is 0 Å². The van der Waals surface area contributed by atoms with Crippen molar-refractivity contribution in [3.63, 3.8) is 0 Å². The summed E-state index contributed by atoms with van der Waals surface area (Å²) in [7, 11) is 0. The van der Waals surface area contributed by atoms with Crippen LogP contribution in [0.15, 0.2) is 6.07 Å². The highest BCUT2D eigenvalue weighted by molar-refractivity contribution is 5.24. The fraction of sp³-hybridized carbons (Fsp3) is 0.556. The zero-order valence-electron chi connectivity index (χ0n) is 7.25. The Kier molecular flexibility index (Phi) is 1.71. The maximum Gasteiger partial charge on any atom is 0.220 e. The Bertz CT molecular complexity index is 272. The van der Waals surface area contributed by atoms with Crippen LogP contribution in [0.2, 0.25) is 0 Å². The monoisotopic (exact) mass is 163 g/mol. The van der Waals surface area contributed by atoms with Crippen molar-refractivity contribution in [1.82, 2.24) is 9.97 Å². The van der Waals surface area contributed by atoms with Gasteiger partial charge in [-0.05, 0) is 25.8 Å². The van der Waals surface area contributed by atoms with Crippen LogP contribution in [-0.4, -0.2) is 9.97 Å². The SMILES string of the molecule is Cc1cc(C2CCC2)nc(N)n1. The number of nitrogens with two attached hydrogens (primary N) is 1. The zero-order chi connectivity index (χ0) is 8.55. The number of nitrogens with zero attached hydrogens (tertiary/aromatic N) is 2. The molecule has 1 aromatic heterocycles. The van der Waals surface area contributed by atoms with Crippen LogP contribution in [0.25, 0.3) is 0 Å². The van der Waals surface area contributed by atoms with Gasteiger partial charge in [0, 0.05) is 17.3 Å². The van der Waals surface area contributed by atoms with Gasteiger partial charge in [-0.3, -0.25) is 0 Å². The summed E-state index contributed by atoms with van der Waals surface area (Å²) in [4.78, 5) is 8.26. The molecule has 12 heavy (non-hydrogen) atoms. The topological polar surface area (TPSA) is 51.8 Å². The molecule has 1 fully saturated rings. The first-order chi connectivity index (χ1) is 5.75. The van der Waals surface area contributed by atoms with Gasteiger partial charge in [0.05, 0.1) is 0 Å². The van der Waals surface area contributed by atoms with Crippen LogP contribution in [0.4, 0.5) is 5.95 Å². The molecule has 0 aliphatic heterocycles. The van der Waals surface area contributed by atoms with Crippen molar-refractivity contribution in [2.75, 3.05) is 5.73 Å². The lowest BCUT2D eigenvalue weighted by atomic mass is 9.83. The van der Waals surface area contributed by atoms with Crippen molar-refractivity contribution in [3.8, 4) is 0 Å². The molecule has 3 nitrogen and oxygen atoms in total. The summed E-state index contributed by atoms with van der Waals surface area (Å²) in [6.45, 7) is 1.96. The Morgan fingerprint density at radius 2 is 2.17 bits per heavy atom. The fourth-order valence-electron chi connectivity index (χ4n) is 1.53. The molecule has 0 amide bonds. The molecule has 0 atom stereocenters. The summed E-state index contributed by atoms with van der Waals surface area (Å²) < 4.78 is 0. The maximum atomic E-state index is 5.55. The average molecular weight is 163 g/mol. The second-order valence-electron chi connectivity index (χ2n) is 3.42. The highest BCUT2D eigenvalue weighted by atomic mass is 15.0. The minimum absolute atomic E-state index is 0.414. The number of anilines is 1. The predicted octanol–water partition coefficient (Wildman–Crippen LogP) is 1.63. The summed E-state index contributed by atoms with van der Waals surface area (Å²) in [5.74, 6) is 1.06. The second kappa shape index (κ2) is 2.73. The number of aromatic nitrogens is 2. The maximum absolute atomic E-state index is 5.55. The number of nitrogen functional groups attached to an aromatic ring is 1. The molecule has 0 radical (unpaired) electrons. The second-order valence-corrected chi connectivity index (χ2v) is 3.42. The number of aryl methyl sites for hydroxylation is 1. The van der Waals surface area contributed by atoms with Gasteiger partial charge in [-0.1, -0.05) is 6.42 Å². The molecule has 1 aliphatic carbocycles. The van der Waals surface area contributed by atoms with Gasteiger partial charge in [0.1, 0.15) is 0 Å². The van der Waals surface area contributed by atoms with Crippen LogP contribution in [0.1, 0.15) is 36.6 Å². The molecular weight excluding hydrogens is 150 g/mol. The quantitative estimate of drug-likeness (QED) is 0.684. The van der Waals surface area contributed by atoms with Gasteiger partial charge >= 0.3 is 0 Å². The van der Waals surface area contributed by atoms with Gasteiger partial charge in [0.15, 0.2) is 0 Å². The van der Waals surface area contributed by atoms with Gasteiger partial charge < -0.3 is 5.73 Å². The van der Waals surface area contributed by atoms with Crippen molar-refractivity contribution >= 4 is 5.95 Å². The highest BCUT2D eigenvalue weighted by Gasteiger charge is 2.21. The van der Waals surface area contributed by atoms with Crippen LogP contribution >= 0.6 is 0 Å². The third kappa shape index (κ3) is 1.26. The van der Waals surface area contributed by atoms with E-state index >= 15 is 0 Å². The van der Waals surface area contributed by atoms with E-state index in [1.807, 2.05) is 13.0 Å². The molecule has 0 unspecified atom stereocenters. The summed E-state index contributed by atoms with van der Waals surface area (Å²) in [6, 6.07) is 2.04. The molecule has 3 heteroatoms. The Balaban J connectivity index is 2.30. The fourth-order valence-corrected chi connectivity index (χ4v) is 1.53. The smallest absolute Gasteiger partial charge is 0.220 e.